The van der Waals surface area contributed by atoms with Gasteiger partial charge in [-0.3, -0.25) is 4.79 Å². The second kappa shape index (κ2) is 7.14. The first kappa shape index (κ1) is 15.7. The molecule has 5 heteroatoms. The lowest BCUT2D eigenvalue weighted by molar-refractivity contribution is -0.144. The molecule has 0 aliphatic heterocycles. The molecule has 0 aliphatic rings. The number of aliphatic hydroxyl groups excluding tert-OH is 1. The summed E-state index contributed by atoms with van der Waals surface area (Å²) < 4.78 is 0. The molecule has 0 aromatic carbocycles. The smallest absolute Gasteiger partial charge is 0.323 e. The fourth-order valence-electron chi connectivity index (χ4n) is 1.31. The van der Waals surface area contributed by atoms with Crippen LogP contribution in [0.2, 0.25) is 0 Å². The van der Waals surface area contributed by atoms with Crippen LogP contribution in [-0.2, 0) is 4.79 Å². The summed E-state index contributed by atoms with van der Waals surface area (Å²) in [6.45, 7) is 5.88. The summed E-state index contributed by atoms with van der Waals surface area (Å²) in [5, 5.41) is 21.1. The SMILES string of the molecule is CNC(C)(CC(C)SCC(C)CO)C(=O)O. The van der Waals surface area contributed by atoms with Gasteiger partial charge < -0.3 is 15.5 Å². The van der Waals surface area contributed by atoms with Crippen molar-refractivity contribution in [1.29, 1.82) is 0 Å². The first-order valence-electron chi connectivity index (χ1n) is 5.50. The Kier molecular flexibility index (Phi) is 7.03. The van der Waals surface area contributed by atoms with Gasteiger partial charge in [-0.15, -0.1) is 0 Å². The summed E-state index contributed by atoms with van der Waals surface area (Å²) >= 11 is 1.71. The lowest BCUT2D eigenvalue weighted by Gasteiger charge is -2.27. The Morgan fingerprint density at radius 2 is 2.06 bits per heavy atom. The number of rotatable bonds is 8. The number of hydrogen-bond acceptors (Lipinski definition) is 4. The Bertz CT molecular complexity index is 225. The molecule has 0 rings (SSSR count). The van der Waals surface area contributed by atoms with Gasteiger partial charge in [0.25, 0.3) is 0 Å². The van der Waals surface area contributed by atoms with Gasteiger partial charge in [-0.25, -0.2) is 0 Å². The Labute approximate surface area is 102 Å². The molecule has 0 saturated carbocycles. The average molecular weight is 249 g/mol. The Morgan fingerprint density at radius 1 is 1.50 bits per heavy atom. The molecule has 0 saturated heterocycles. The van der Waals surface area contributed by atoms with Crippen LogP contribution >= 0.6 is 11.8 Å². The van der Waals surface area contributed by atoms with Crippen molar-refractivity contribution in [2.45, 2.75) is 38.0 Å². The average Bonchev–Trinajstić information content (AvgIpc) is 2.25. The zero-order valence-corrected chi connectivity index (χ0v) is 11.3. The van der Waals surface area contributed by atoms with Gasteiger partial charge in [-0.2, -0.15) is 11.8 Å². The molecule has 4 nitrogen and oxygen atoms in total. The van der Waals surface area contributed by atoms with Crippen LogP contribution < -0.4 is 5.32 Å². The zero-order valence-electron chi connectivity index (χ0n) is 10.5. The Hall–Kier alpha value is -0.260. The van der Waals surface area contributed by atoms with E-state index >= 15 is 0 Å². The number of aliphatic hydroxyl groups is 1. The molecule has 96 valence electrons. The van der Waals surface area contributed by atoms with E-state index in [9.17, 15) is 4.79 Å². The highest BCUT2D eigenvalue weighted by Crippen LogP contribution is 2.23. The maximum absolute atomic E-state index is 11.1. The molecule has 0 radical (unpaired) electrons. The minimum absolute atomic E-state index is 0.182. The largest absolute Gasteiger partial charge is 0.480 e. The zero-order chi connectivity index (χ0) is 12.8. The molecule has 3 unspecified atom stereocenters. The van der Waals surface area contributed by atoms with Crippen LogP contribution in [0.4, 0.5) is 0 Å². The van der Waals surface area contributed by atoms with Crippen molar-refractivity contribution in [2.75, 3.05) is 19.4 Å². The van der Waals surface area contributed by atoms with E-state index in [2.05, 4.69) is 5.32 Å². The fraction of sp³-hybridized carbons (Fsp3) is 0.909. The van der Waals surface area contributed by atoms with Crippen LogP contribution in [0.25, 0.3) is 0 Å². The van der Waals surface area contributed by atoms with Crippen molar-refractivity contribution in [3.63, 3.8) is 0 Å². The normalized spacial score (nSPS) is 18.8. The molecule has 3 atom stereocenters. The first-order valence-corrected chi connectivity index (χ1v) is 6.55. The van der Waals surface area contributed by atoms with Crippen molar-refractivity contribution >= 4 is 17.7 Å². The second-order valence-electron chi connectivity index (χ2n) is 4.52. The van der Waals surface area contributed by atoms with Gasteiger partial charge in [0.15, 0.2) is 0 Å². The predicted octanol–water partition coefficient (Wildman–Crippen LogP) is 1.19. The lowest BCUT2D eigenvalue weighted by atomic mass is 9.96. The number of thioether (sulfide) groups is 1. The van der Waals surface area contributed by atoms with E-state index in [0.29, 0.717) is 6.42 Å². The van der Waals surface area contributed by atoms with E-state index < -0.39 is 11.5 Å². The number of aliphatic carboxylic acids is 1. The van der Waals surface area contributed by atoms with Crippen molar-refractivity contribution in [2.24, 2.45) is 5.92 Å². The van der Waals surface area contributed by atoms with E-state index in [-0.39, 0.29) is 17.8 Å². The summed E-state index contributed by atoms with van der Waals surface area (Å²) in [6.07, 6.45) is 0.571. The van der Waals surface area contributed by atoms with Crippen LogP contribution in [0, 0.1) is 5.92 Å². The van der Waals surface area contributed by atoms with Crippen molar-refractivity contribution in [1.82, 2.24) is 5.32 Å². The van der Waals surface area contributed by atoms with Crippen LogP contribution in [0.5, 0.6) is 0 Å². The molecule has 0 heterocycles. The van der Waals surface area contributed by atoms with Gasteiger partial charge in [-0.1, -0.05) is 13.8 Å². The number of carboxylic acid groups (broad SMARTS) is 1. The monoisotopic (exact) mass is 249 g/mol. The lowest BCUT2D eigenvalue weighted by Crippen LogP contribution is -2.49. The number of likely N-dealkylation sites (N-methyl/N-ethyl adjacent to an activating group) is 1. The van der Waals surface area contributed by atoms with Gasteiger partial charge in [0, 0.05) is 11.9 Å². The molecule has 0 aromatic heterocycles. The minimum Gasteiger partial charge on any atom is -0.480 e. The molecule has 0 amide bonds. The summed E-state index contributed by atoms with van der Waals surface area (Å²) in [4.78, 5) is 11.1. The third kappa shape index (κ3) is 5.18. The fourth-order valence-corrected chi connectivity index (χ4v) is 2.53. The van der Waals surface area contributed by atoms with E-state index in [4.69, 9.17) is 10.2 Å². The maximum atomic E-state index is 11.1. The van der Waals surface area contributed by atoms with Gasteiger partial charge in [0.1, 0.15) is 5.54 Å². The van der Waals surface area contributed by atoms with Crippen LogP contribution in [-0.4, -0.2) is 46.4 Å². The van der Waals surface area contributed by atoms with Crippen LogP contribution in [0.3, 0.4) is 0 Å². The highest BCUT2D eigenvalue weighted by molar-refractivity contribution is 7.99. The Morgan fingerprint density at radius 3 is 2.44 bits per heavy atom. The third-order valence-corrected chi connectivity index (χ3v) is 4.19. The highest BCUT2D eigenvalue weighted by Gasteiger charge is 2.32. The van der Waals surface area contributed by atoms with Crippen molar-refractivity contribution < 1.29 is 15.0 Å². The molecule has 0 bridgehead atoms. The molecule has 0 fully saturated rings. The van der Waals surface area contributed by atoms with Crippen molar-refractivity contribution in [3.05, 3.63) is 0 Å². The molecule has 0 spiro atoms. The van der Waals surface area contributed by atoms with E-state index in [1.807, 2.05) is 13.8 Å². The second-order valence-corrected chi connectivity index (χ2v) is 5.99. The highest BCUT2D eigenvalue weighted by atomic mass is 32.2. The molecular weight excluding hydrogens is 226 g/mol. The van der Waals surface area contributed by atoms with Gasteiger partial charge in [0.05, 0.1) is 0 Å². The maximum Gasteiger partial charge on any atom is 0.323 e. The quantitative estimate of drug-likeness (QED) is 0.603. The summed E-state index contributed by atoms with van der Waals surface area (Å²) in [5.74, 6) is 0.299. The van der Waals surface area contributed by atoms with Gasteiger partial charge in [0.2, 0.25) is 0 Å². The first-order chi connectivity index (χ1) is 7.35. The number of carbonyl (C=O) groups is 1. The third-order valence-electron chi connectivity index (χ3n) is 2.70. The van der Waals surface area contributed by atoms with Crippen molar-refractivity contribution in [3.8, 4) is 0 Å². The summed E-state index contributed by atoms with van der Waals surface area (Å²) in [6, 6.07) is 0. The van der Waals surface area contributed by atoms with E-state index in [1.165, 1.54) is 0 Å². The molecule has 0 aliphatic carbocycles. The standard InChI is InChI=1S/C11H23NO3S/c1-8(6-13)7-16-9(2)5-11(3,12-4)10(14)15/h8-9,12-13H,5-7H2,1-4H3,(H,14,15). The van der Waals surface area contributed by atoms with E-state index in [1.54, 1.807) is 25.7 Å². The van der Waals surface area contributed by atoms with Gasteiger partial charge >= 0.3 is 5.97 Å². The minimum atomic E-state index is -0.866. The predicted molar refractivity (Wildman–Crippen MR) is 67.9 cm³/mol. The van der Waals surface area contributed by atoms with Gasteiger partial charge in [-0.05, 0) is 32.1 Å². The molecule has 0 aromatic rings. The Balaban J connectivity index is 4.11. The number of hydrogen-bond donors (Lipinski definition) is 3. The molecule has 3 N–H and O–H groups in total. The van der Waals surface area contributed by atoms with Crippen LogP contribution in [0.15, 0.2) is 0 Å². The summed E-state index contributed by atoms with van der Waals surface area (Å²) in [5.41, 5.74) is -0.866. The topological polar surface area (TPSA) is 69.6 Å². The van der Waals surface area contributed by atoms with Crippen LogP contribution in [0.1, 0.15) is 27.2 Å². The number of nitrogens with one attached hydrogen (secondary N) is 1. The summed E-state index contributed by atoms with van der Waals surface area (Å²) in [7, 11) is 1.67. The van der Waals surface area contributed by atoms with E-state index in [0.717, 1.165) is 5.75 Å². The number of carboxylic acids is 1. The molecule has 16 heavy (non-hydrogen) atoms. The molecular formula is C11H23NO3S.